The van der Waals surface area contributed by atoms with Gasteiger partial charge in [-0.3, -0.25) is 9.59 Å². The van der Waals surface area contributed by atoms with Gasteiger partial charge in [-0.25, -0.2) is 0 Å². The Morgan fingerprint density at radius 3 is 2.33 bits per heavy atom. The number of ether oxygens (including phenoxy) is 2. The highest BCUT2D eigenvalue weighted by Gasteiger charge is 2.24. The molecule has 1 N–H and O–H groups in total. The van der Waals surface area contributed by atoms with Crippen molar-refractivity contribution in [3.8, 4) is 11.5 Å². The quantitative estimate of drug-likeness (QED) is 0.178. The average Bonchev–Trinajstić information content (AvgIpc) is 2.91. The minimum Gasteiger partial charge on any atom is -0.496 e. The highest BCUT2D eigenvalue weighted by molar-refractivity contribution is 5.98. The number of Topliss-reactive ketones (excluding diaryl/α,β-unsaturated/α-hetero) is 1. The van der Waals surface area contributed by atoms with E-state index in [0.717, 1.165) is 53.9 Å². The third-order valence-electron chi connectivity index (χ3n) is 6.99. The van der Waals surface area contributed by atoms with E-state index in [2.05, 4.69) is 33.0 Å². The lowest BCUT2D eigenvalue weighted by atomic mass is 9.84. The lowest BCUT2D eigenvalue weighted by molar-refractivity contribution is -0.116. The first-order valence-electron chi connectivity index (χ1n) is 13.9. The number of unbranched alkanes of at least 4 members (excludes halogenated alkanes) is 2. The average molecular weight is 530 g/mol. The Balaban J connectivity index is 1.87. The van der Waals surface area contributed by atoms with Crippen LogP contribution < -0.4 is 14.8 Å². The van der Waals surface area contributed by atoms with Gasteiger partial charge < -0.3 is 14.8 Å². The highest BCUT2D eigenvalue weighted by Crippen LogP contribution is 2.37. The molecule has 3 rings (SSSR count). The summed E-state index contributed by atoms with van der Waals surface area (Å²) in [4.78, 5) is 25.6. The van der Waals surface area contributed by atoms with Crippen LogP contribution >= 0.6 is 0 Å². The van der Waals surface area contributed by atoms with E-state index in [9.17, 15) is 9.59 Å². The van der Waals surface area contributed by atoms with E-state index < -0.39 is 0 Å². The maximum atomic E-state index is 13.5. The van der Waals surface area contributed by atoms with Gasteiger partial charge in [-0.15, -0.1) is 0 Å². The summed E-state index contributed by atoms with van der Waals surface area (Å²) in [6, 6.07) is 21.5. The smallest absolute Gasteiger partial charge is 0.224 e. The largest absolute Gasteiger partial charge is 0.496 e. The van der Waals surface area contributed by atoms with Crippen molar-refractivity contribution in [2.75, 3.05) is 12.4 Å². The number of hydrogen-bond donors (Lipinski definition) is 1. The van der Waals surface area contributed by atoms with E-state index in [1.54, 1.807) is 20.1 Å². The van der Waals surface area contributed by atoms with Gasteiger partial charge in [0, 0.05) is 23.2 Å². The molecule has 0 fully saturated rings. The van der Waals surface area contributed by atoms with Crippen molar-refractivity contribution in [3.05, 3.63) is 89.0 Å². The molecule has 0 saturated heterocycles. The third kappa shape index (κ3) is 8.71. The molecule has 39 heavy (non-hydrogen) atoms. The zero-order chi connectivity index (χ0) is 28.4. The van der Waals surface area contributed by atoms with Crippen molar-refractivity contribution in [3.63, 3.8) is 0 Å². The maximum Gasteiger partial charge on any atom is 0.224 e. The van der Waals surface area contributed by atoms with Crippen LogP contribution in [0.1, 0.15) is 99.7 Å². The number of carbonyl (C=O) groups excluding carboxylic acids is 2. The second kappa shape index (κ2) is 14.0. The first-order valence-corrected chi connectivity index (χ1v) is 13.9. The fourth-order valence-corrected chi connectivity index (χ4v) is 4.82. The van der Waals surface area contributed by atoms with Crippen LogP contribution in [-0.4, -0.2) is 18.8 Å². The summed E-state index contributed by atoms with van der Waals surface area (Å²) >= 11 is 0. The van der Waals surface area contributed by atoms with Crippen LogP contribution in [0.5, 0.6) is 11.5 Å². The Hall–Kier alpha value is -3.60. The number of ketones is 1. The molecule has 3 aromatic rings. The molecule has 0 aliphatic carbocycles. The van der Waals surface area contributed by atoms with Crippen LogP contribution in [0.15, 0.2) is 66.7 Å². The second-order valence-electron chi connectivity index (χ2n) is 11.2. The Bertz CT molecular complexity index is 1240. The van der Waals surface area contributed by atoms with Gasteiger partial charge in [-0.2, -0.15) is 0 Å². The van der Waals surface area contributed by atoms with E-state index in [0.29, 0.717) is 24.3 Å². The van der Waals surface area contributed by atoms with Crippen LogP contribution in [0.25, 0.3) is 0 Å². The van der Waals surface area contributed by atoms with Crippen molar-refractivity contribution < 1.29 is 19.1 Å². The van der Waals surface area contributed by atoms with Crippen LogP contribution in [0.2, 0.25) is 0 Å². The first kappa shape index (κ1) is 29.9. The Morgan fingerprint density at radius 1 is 0.949 bits per heavy atom. The molecule has 0 aromatic heterocycles. The standard InChI is InChI=1S/C34H43NO4/c1-7-8-10-15-27(21-33(37)35-31-20-26(24(2)36)16-18-30(31)34(3,4)5)29-22-28(17-19-32(29)38-6)39-23-25-13-11-9-12-14-25/h9,11-14,16-20,22,27H,7-8,10,15,21,23H2,1-6H3,(H,35,37). The molecule has 5 nitrogen and oxygen atoms in total. The molecule has 208 valence electrons. The molecular formula is C34H43NO4. The van der Waals surface area contributed by atoms with E-state index in [1.165, 1.54) is 0 Å². The normalized spacial score (nSPS) is 12.1. The number of hydrogen-bond acceptors (Lipinski definition) is 4. The minimum absolute atomic E-state index is 0.0274. The molecule has 3 aromatic carbocycles. The van der Waals surface area contributed by atoms with E-state index in [4.69, 9.17) is 9.47 Å². The predicted octanol–water partition coefficient (Wildman–Crippen LogP) is 8.47. The fourth-order valence-electron chi connectivity index (χ4n) is 4.82. The first-order chi connectivity index (χ1) is 18.6. The molecule has 1 unspecified atom stereocenters. The molecule has 0 aliphatic heterocycles. The lowest BCUT2D eigenvalue weighted by Gasteiger charge is -2.25. The van der Waals surface area contributed by atoms with Crippen molar-refractivity contribution in [2.24, 2.45) is 0 Å². The van der Waals surface area contributed by atoms with Crippen molar-refractivity contribution >= 4 is 17.4 Å². The highest BCUT2D eigenvalue weighted by atomic mass is 16.5. The molecule has 0 spiro atoms. The molecule has 0 radical (unpaired) electrons. The zero-order valence-electron chi connectivity index (χ0n) is 24.3. The van der Waals surface area contributed by atoms with Gasteiger partial charge in [0.15, 0.2) is 5.78 Å². The second-order valence-corrected chi connectivity index (χ2v) is 11.2. The molecule has 0 heterocycles. The predicted molar refractivity (Wildman–Crippen MR) is 159 cm³/mol. The number of amides is 1. The molecule has 1 amide bonds. The summed E-state index contributed by atoms with van der Waals surface area (Å²) < 4.78 is 11.8. The Kier molecular flexibility index (Phi) is 10.7. The maximum absolute atomic E-state index is 13.5. The summed E-state index contributed by atoms with van der Waals surface area (Å²) in [5.74, 6) is 1.35. The lowest BCUT2D eigenvalue weighted by Crippen LogP contribution is -2.21. The Labute approximate surface area is 233 Å². The van der Waals surface area contributed by atoms with Crippen LogP contribution in [0.4, 0.5) is 5.69 Å². The molecule has 1 atom stereocenters. The topological polar surface area (TPSA) is 64.6 Å². The van der Waals surface area contributed by atoms with Gasteiger partial charge in [-0.05, 0) is 60.1 Å². The molecule has 0 bridgehead atoms. The number of rotatable bonds is 13. The number of methoxy groups -OCH3 is 1. The SMILES string of the molecule is CCCCCC(CC(=O)Nc1cc(C(C)=O)ccc1C(C)(C)C)c1cc(OCc2ccccc2)ccc1OC. The van der Waals surface area contributed by atoms with Crippen LogP contribution in [0, 0.1) is 0 Å². The summed E-state index contributed by atoms with van der Waals surface area (Å²) in [5, 5.41) is 3.14. The van der Waals surface area contributed by atoms with Gasteiger partial charge in [0.25, 0.3) is 0 Å². The molecular weight excluding hydrogens is 486 g/mol. The van der Waals surface area contributed by atoms with Crippen LogP contribution in [-0.2, 0) is 16.8 Å². The molecule has 0 aliphatic rings. The van der Waals surface area contributed by atoms with Gasteiger partial charge in [0.1, 0.15) is 18.1 Å². The molecule has 0 saturated carbocycles. The minimum atomic E-state index is -0.188. The van der Waals surface area contributed by atoms with E-state index in [1.807, 2.05) is 60.7 Å². The number of benzene rings is 3. The fraction of sp³-hybridized carbons (Fsp3) is 0.412. The summed E-state index contributed by atoms with van der Waals surface area (Å²) in [6.45, 7) is 10.5. The molecule has 5 heteroatoms. The van der Waals surface area contributed by atoms with Gasteiger partial charge in [-0.1, -0.05) is 89.4 Å². The number of carbonyl (C=O) groups is 2. The van der Waals surface area contributed by atoms with Gasteiger partial charge in [0.05, 0.1) is 7.11 Å². The van der Waals surface area contributed by atoms with Crippen molar-refractivity contribution in [2.45, 2.75) is 84.7 Å². The van der Waals surface area contributed by atoms with Gasteiger partial charge in [0.2, 0.25) is 5.91 Å². The summed E-state index contributed by atoms with van der Waals surface area (Å²) in [5.41, 5.74) is 4.16. The summed E-state index contributed by atoms with van der Waals surface area (Å²) in [7, 11) is 1.66. The Morgan fingerprint density at radius 2 is 1.69 bits per heavy atom. The summed E-state index contributed by atoms with van der Waals surface area (Å²) in [6.07, 6.45) is 4.37. The third-order valence-corrected chi connectivity index (χ3v) is 6.99. The van der Waals surface area contributed by atoms with E-state index in [-0.39, 0.29) is 23.0 Å². The van der Waals surface area contributed by atoms with Crippen molar-refractivity contribution in [1.29, 1.82) is 0 Å². The van der Waals surface area contributed by atoms with Crippen molar-refractivity contribution in [1.82, 2.24) is 0 Å². The van der Waals surface area contributed by atoms with Gasteiger partial charge >= 0.3 is 0 Å². The number of anilines is 1. The van der Waals surface area contributed by atoms with Crippen LogP contribution in [0.3, 0.4) is 0 Å². The number of nitrogens with one attached hydrogen (secondary N) is 1. The van der Waals surface area contributed by atoms with E-state index >= 15 is 0 Å². The zero-order valence-corrected chi connectivity index (χ0v) is 24.3. The monoisotopic (exact) mass is 529 g/mol.